The summed E-state index contributed by atoms with van der Waals surface area (Å²) in [5.74, 6) is -0.559. The molecule has 2 aromatic rings. The van der Waals surface area contributed by atoms with E-state index >= 15 is 0 Å². The number of para-hydroxylation sites is 1. The first kappa shape index (κ1) is 17.9. The lowest BCUT2D eigenvalue weighted by molar-refractivity contribution is -0.117. The van der Waals surface area contributed by atoms with Crippen molar-refractivity contribution in [3.05, 3.63) is 63.6 Å². The molecule has 1 aromatic heterocycles. The smallest absolute Gasteiger partial charge is 0.251 e. The van der Waals surface area contributed by atoms with Gasteiger partial charge in [0.2, 0.25) is 11.5 Å². The molecule has 1 aliphatic rings. The first-order valence-corrected chi connectivity index (χ1v) is 8.98. The number of H-pyrrole nitrogens is 1. The molecule has 0 aliphatic carbocycles. The van der Waals surface area contributed by atoms with Gasteiger partial charge in [-0.2, -0.15) is 0 Å². The van der Waals surface area contributed by atoms with Crippen molar-refractivity contribution in [1.82, 2.24) is 10.3 Å². The van der Waals surface area contributed by atoms with Gasteiger partial charge in [0.1, 0.15) is 0 Å². The normalized spacial score (nSPS) is 13.2. The Labute approximate surface area is 152 Å². The molecule has 6 nitrogen and oxygen atoms in total. The summed E-state index contributed by atoms with van der Waals surface area (Å²) in [6, 6.07) is 10.8. The van der Waals surface area contributed by atoms with Crippen LogP contribution in [0.1, 0.15) is 41.4 Å². The SMILES string of the molecule is CCCc1cc(C(=O)NCC(=O)N2CCCc3ccccc32)cc(=O)[nH]1. The number of nitrogens with one attached hydrogen (secondary N) is 2. The van der Waals surface area contributed by atoms with Crippen molar-refractivity contribution < 1.29 is 9.59 Å². The van der Waals surface area contributed by atoms with Gasteiger partial charge in [-0.25, -0.2) is 0 Å². The van der Waals surface area contributed by atoms with Gasteiger partial charge >= 0.3 is 0 Å². The number of carbonyl (C=O) groups is 2. The van der Waals surface area contributed by atoms with E-state index in [1.54, 1.807) is 11.0 Å². The number of pyridine rings is 1. The molecule has 2 amide bonds. The molecule has 0 radical (unpaired) electrons. The zero-order valence-corrected chi connectivity index (χ0v) is 14.9. The minimum absolute atomic E-state index is 0.0942. The molecule has 1 aliphatic heterocycles. The summed E-state index contributed by atoms with van der Waals surface area (Å²) in [6.07, 6.45) is 3.43. The molecular formula is C20H23N3O3. The van der Waals surface area contributed by atoms with Crippen molar-refractivity contribution in [2.75, 3.05) is 18.0 Å². The highest BCUT2D eigenvalue weighted by Crippen LogP contribution is 2.26. The zero-order chi connectivity index (χ0) is 18.5. The molecule has 26 heavy (non-hydrogen) atoms. The second-order valence-electron chi connectivity index (χ2n) is 6.47. The molecule has 0 saturated carbocycles. The van der Waals surface area contributed by atoms with E-state index in [1.807, 2.05) is 31.2 Å². The van der Waals surface area contributed by atoms with Crippen LogP contribution in [-0.2, 0) is 17.6 Å². The number of anilines is 1. The maximum Gasteiger partial charge on any atom is 0.251 e. The Hall–Kier alpha value is -2.89. The molecule has 0 saturated heterocycles. The first-order valence-electron chi connectivity index (χ1n) is 8.98. The van der Waals surface area contributed by atoms with Crippen molar-refractivity contribution in [3.8, 4) is 0 Å². The number of carbonyl (C=O) groups excluding carboxylic acids is 2. The van der Waals surface area contributed by atoms with E-state index in [9.17, 15) is 14.4 Å². The number of aromatic amines is 1. The van der Waals surface area contributed by atoms with Crippen molar-refractivity contribution in [3.63, 3.8) is 0 Å². The lowest BCUT2D eigenvalue weighted by atomic mass is 10.0. The Kier molecular flexibility index (Phi) is 5.51. The van der Waals surface area contributed by atoms with Crippen LogP contribution in [-0.4, -0.2) is 29.9 Å². The topological polar surface area (TPSA) is 82.3 Å². The number of aromatic nitrogens is 1. The summed E-state index contributed by atoms with van der Waals surface area (Å²) in [7, 11) is 0. The minimum Gasteiger partial charge on any atom is -0.343 e. The molecule has 3 rings (SSSR count). The average molecular weight is 353 g/mol. The second kappa shape index (κ2) is 7.99. The maximum absolute atomic E-state index is 12.6. The molecule has 0 unspecified atom stereocenters. The number of aryl methyl sites for hydroxylation is 2. The maximum atomic E-state index is 12.6. The molecule has 0 spiro atoms. The number of fused-ring (bicyclic) bond motifs is 1. The second-order valence-corrected chi connectivity index (χ2v) is 6.47. The van der Waals surface area contributed by atoms with Crippen molar-refractivity contribution >= 4 is 17.5 Å². The van der Waals surface area contributed by atoms with Gasteiger partial charge < -0.3 is 15.2 Å². The molecule has 2 N–H and O–H groups in total. The molecule has 0 atom stereocenters. The molecule has 1 aromatic carbocycles. The van der Waals surface area contributed by atoms with Crippen LogP contribution in [0.25, 0.3) is 0 Å². The third-order valence-electron chi connectivity index (χ3n) is 4.49. The molecule has 0 fully saturated rings. The van der Waals surface area contributed by atoms with E-state index in [-0.39, 0.29) is 23.6 Å². The molecule has 6 heteroatoms. The standard InChI is InChI=1S/C20H23N3O3/c1-2-6-16-11-15(12-18(24)22-16)20(26)21-13-19(25)23-10-5-8-14-7-3-4-9-17(14)23/h3-4,7,9,11-12H,2,5-6,8,10,13H2,1H3,(H,21,26)(H,22,24). The Morgan fingerprint density at radius 3 is 2.85 bits per heavy atom. The van der Waals surface area contributed by atoms with Crippen LogP contribution in [0.5, 0.6) is 0 Å². The Morgan fingerprint density at radius 2 is 2.04 bits per heavy atom. The summed E-state index contributed by atoms with van der Waals surface area (Å²) < 4.78 is 0. The van der Waals surface area contributed by atoms with Gasteiger partial charge in [-0.15, -0.1) is 0 Å². The minimum atomic E-state index is -0.410. The van der Waals surface area contributed by atoms with Gasteiger partial charge in [-0.3, -0.25) is 14.4 Å². The third kappa shape index (κ3) is 4.02. The highest BCUT2D eigenvalue weighted by Gasteiger charge is 2.22. The van der Waals surface area contributed by atoms with Crippen molar-refractivity contribution in [1.29, 1.82) is 0 Å². The van der Waals surface area contributed by atoms with E-state index < -0.39 is 5.91 Å². The summed E-state index contributed by atoms with van der Waals surface area (Å²) in [5, 5.41) is 2.64. The van der Waals surface area contributed by atoms with E-state index in [1.165, 1.54) is 6.07 Å². The monoisotopic (exact) mass is 353 g/mol. The molecule has 0 bridgehead atoms. The van der Waals surface area contributed by atoms with Gasteiger partial charge in [0.15, 0.2) is 0 Å². The Morgan fingerprint density at radius 1 is 1.23 bits per heavy atom. The van der Waals surface area contributed by atoms with Crippen LogP contribution in [0.3, 0.4) is 0 Å². The number of nitrogens with zero attached hydrogens (tertiary/aromatic N) is 1. The largest absolute Gasteiger partial charge is 0.343 e. The van der Waals surface area contributed by atoms with Gasteiger partial charge in [-0.05, 0) is 37.0 Å². The summed E-state index contributed by atoms with van der Waals surface area (Å²) in [6.45, 7) is 2.56. The fourth-order valence-electron chi connectivity index (χ4n) is 3.28. The summed E-state index contributed by atoms with van der Waals surface area (Å²) in [4.78, 5) is 41.1. The van der Waals surface area contributed by atoms with Gasteiger partial charge in [0, 0.05) is 29.6 Å². The van der Waals surface area contributed by atoms with Crippen LogP contribution in [0, 0.1) is 0 Å². The fraction of sp³-hybridized carbons (Fsp3) is 0.350. The zero-order valence-electron chi connectivity index (χ0n) is 14.9. The van der Waals surface area contributed by atoms with Crippen LogP contribution in [0.4, 0.5) is 5.69 Å². The van der Waals surface area contributed by atoms with E-state index in [0.717, 1.165) is 36.2 Å². The van der Waals surface area contributed by atoms with Crippen molar-refractivity contribution in [2.45, 2.75) is 32.6 Å². The van der Waals surface area contributed by atoms with Crippen LogP contribution in [0.15, 0.2) is 41.2 Å². The number of benzene rings is 1. The van der Waals surface area contributed by atoms with E-state index in [4.69, 9.17) is 0 Å². The van der Waals surface area contributed by atoms with Crippen LogP contribution in [0.2, 0.25) is 0 Å². The Bertz CT molecular complexity index is 873. The predicted molar refractivity (Wildman–Crippen MR) is 101 cm³/mol. The first-order chi connectivity index (χ1) is 12.6. The summed E-state index contributed by atoms with van der Waals surface area (Å²) >= 11 is 0. The van der Waals surface area contributed by atoms with Gasteiger partial charge in [-0.1, -0.05) is 31.5 Å². The lowest BCUT2D eigenvalue weighted by Gasteiger charge is -2.29. The van der Waals surface area contributed by atoms with E-state index in [2.05, 4.69) is 10.3 Å². The number of rotatable bonds is 5. The lowest BCUT2D eigenvalue weighted by Crippen LogP contribution is -2.42. The highest BCUT2D eigenvalue weighted by atomic mass is 16.2. The Balaban J connectivity index is 1.67. The number of hydrogen-bond acceptors (Lipinski definition) is 3. The third-order valence-corrected chi connectivity index (χ3v) is 4.49. The highest BCUT2D eigenvalue weighted by molar-refractivity contribution is 6.00. The summed E-state index contributed by atoms with van der Waals surface area (Å²) in [5.41, 5.74) is 2.76. The number of hydrogen-bond donors (Lipinski definition) is 2. The van der Waals surface area contributed by atoms with E-state index in [0.29, 0.717) is 13.0 Å². The number of amides is 2. The van der Waals surface area contributed by atoms with Crippen LogP contribution >= 0.6 is 0 Å². The molecular weight excluding hydrogens is 330 g/mol. The van der Waals surface area contributed by atoms with Gasteiger partial charge in [0.25, 0.3) is 5.91 Å². The van der Waals surface area contributed by atoms with Gasteiger partial charge in [0.05, 0.1) is 6.54 Å². The fourth-order valence-corrected chi connectivity index (χ4v) is 3.28. The predicted octanol–water partition coefficient (Wildman–Crippen LogP) is 2.04. The van der Waals surface area contributed by atoms with Crippen LogP contribution < -0.4 is 15.8 Å². The average Bonchev–Trinajstić information content (AvgIpc) is 2.65. The van der Waals surface area contributed by atoms with Crippen molar-refractivity contribution in [2.24, 2.45) is 0 Å². The molecule has 136 valence electrons. The molecule has 2 heterocycles. The quantitative estimate of drug-likeness (QED) is 0.863.